The molecule has 2 aliphatic rings. The number of ether oxygens (including phenoxy) is 2. The van der Waals surface area contributed by atoms with Gasteiger partial charge in [0.15, 0.2) is 0 Å². The molecule has 1 aromatic rings. The zero-order chi connectivity index (χ0) is 18.0. The summed E-state index contributed by atoms with van der Waals surface area (Å²) < 4.78 is 11.0. The molecule has 0 spiro atoms. The van der Waals surface area contributed by atoms with Crippen LogP contribution in [-0.2, 0) is 14.3 Å². The third-order valence-corrected chi connectivity index (χ3v) is 5.35. The number of nitrogens with zero attached hydrogens (tertiary/aromatic N) is 1. The van der Waals surface area contributed by atoms with Gasteiger partial charge >= 0.3 is 0 Å². The average Bonchev–Trinajstić information content (AvgIpc) is 3.18. The van der Waals surface area contributed by atoms with Crippen molar-refractivity contribution in [2.45, 2.75) is 38.0 Å². The standard InChI is InChI=1S/C19H23NO4S/c1-12(2)25-17-16(14-8-4-5-9-15(14)23-3)18(21)20(19(17)22)11-13-7-6-10-24-13/h4-5,8-9,12-13H,6-7,10-11H2,1-3H3. The Kier molecular flexibility index (Phi) is 5.49. The Balaban J connectivity index is 1.99. The van der Waals surface area contributed by atoms with Gasteiger partial charge in [-0.3, -0.25) is 14.5 Å². The number of para-hydroxylation sites is 1. The quantitative estimate of drug-likeness (QED) is 0.729. The highest BCUT2D eigenvalue weighted by atomic mass is 32.2. The second kappa shape index (κ2) is 7.62. The summed E-state index contributed by atoms with van der Waals surface area (Å²) in [4.78, 5) is 27.9. The van der Waals surface area contributed by atoms with Gasteiger partial charge in [-0.1, -0.05) is 32.0 Å². The maximum Gasteiger partial charge on any atom is 0.268 e. The van der Waals surface area contributed by atoms with E-state index in [1.165, 1.54) is 16.7 Å². The monoisotopic (exact) mass is 361 g/mol. The molecule has 2 heterocycles. The third kappa shape index (κ3) is 3.60. The average molecular weight is 361 g/mol. The normalized spacial score (nSPS) is 21.0. The summed E-state index contributed by atoms with van der Waals surface area (Å²) in [5.74, 6) is 0.118. The molecular formula is C19H23NO4S. The molecule has 25 heavy (non-hydrogen) atoms. The summed E-state index contributed by atoms with van der Waals surface area (Å²) in [6.07, 6.45) is 1.80. The minimum Gasteiger partial charge on any atom is -0.496 e. The van der Waals surface area contributed by atoms with Crippen molar-refractivity contribution >= 4 is 29.1 Å². The van der Waals surface area contributed by atoms with Gasteiger partial charge in [-0.2, -0.15) is 0 Å². The summed E-state index contributed by atoms with van der Waals surface area (Å²) >= 11 is 1.43. The second-order valence-corrected chi connectivity index (χ2v) is 8.01. The number of imide groups is 1. The number of rotatable bonds is 6. The van der Waals surface area contributed by atoms with E-state index < -0.39 is 0 Å². The van der Waals surface area contributed by atoms with Crippen molar-refractivity contribution in [2.24, 2.45) is 0 Å². The molecule has 5 nitrogen and oxygen atoms in total. The van der Waals surface area contributed by atoms with Crippen LogP contribution in [0.3, 0.4) is 0 Å². The predicted molar refractivity (Wildman–Crippen MR) is 98.3 cm³/mol. The van der Waals surface area contributed by atoms with Crippen LogP contribution in [0.1, 0.15) is 32.3 Å². The van der Waals surface area contributed by atoms with Crippen LogP contribution in [0.2, 0.25) is 0 Å². The van der Waals surface area contributed by atoms with Gasteiger partial charge in [-0.15, -0.1) is 11.8 Å². The van der Waals surface area contributed by atoms with Crippen molar-refractivity contribution in [2.75, 3.05) is 20.3 Å². The van der Waals surface area contributed by atoms with Crippen molar-refractivity contribution < 1.29 is 19.1 Å². The van der Waals surface area contributed by atoms with Gasteiger partial charge in [0.1, 0.15) is 5.75 Å². The lowest BCUT2D eigenvalue weighted by Crippen LogP contribution is -2.38. The van der Waals surface area contributed by atoms with Gasteiger partial charge in [-0.25, -0.2) is 0 Å². The lowest BCUT2D eigenvalue weighted by molar-refractivity contribution is -0.138. The first kappa shape index (κ1) is 18.0. The Morgan fingerprint density at radius 2 is 2.04 bits per heavy atom. The number of benzene rings is 1. The Morgan fingerprint density at radius 1 is 1.28 bits per heavy atom. The summed E-state index contributed by atoms with van der Waals surface area (Å²) in [5.41, 5.74) is 1.11. The molecule has 0 saturated carbocycles. The molecule has 1 aromatic carbocycles. The third-order valence-electron chi connectivity index (χ3n) is 4.27. The van der Waals surface area contributed by atoms with Crippen LogP contribution < -0.4 is 4.74 Å². The molecule has 3 rings (SSSR count). The first-order chi connectivity index (χ1) is 12.0. The highest BCUT2D eigenvalue weighted by molar-refractivity contribution is 8.04. The fourth-order valence-corrected chi connectivity index (χ4v) is 4.14. The summed E-state index contributed by atoms with van der Waals surface area (Å²) in [6, 6.07) is 7.34. The fraction of sp³-hybridized carbons (Fsp3) is 0.474. The number of hydrogen-bond acceptors (Lipinski definition) is 5. The van der Waals surface area contributed by atoms with Gasteiger partial charge in [0.25, 0.3) is 11.8 Å². The summed E-state index contributed by atoms with van der Waals surface area (Å²) in [5, 5.41) is 0.194. The number of carbonyl (C=O) groups excluding carboxylic acids is 2. The molecule has 1 atom stereocenters. The van der Waals surface area contributed by atoms with E-state index in [0.717, 1.165) is 12.8 Å². The largest absolute Gasteiger partial charge is 0.496 e. The maximum absolute atomic E-state index is 13.1. The van der Waals surface area contributed by atoms with E-state index in [4.69, 9.17) is 9.47 Å². The van der Waals surface area contributed by atoms with Crippen LogP contribution in [-0.4, -0.2) is 48.3 Å². The van der Waals surface area contributed by atoms with Crippen molar-refractivity contribution in [1.82, 2.24) is 4.90 Å². The van der Waals surface area contributed by atoms with E-state index in [9.17, 15) is 9.59 Å². The SMILES string of the molecule is COc1ccccc1C1=C(SC(C)C)C(=O)N(CC2CCCO2)C1=O. The van der Waals surface area contributed by atoms with E-state index in [0.29, 0.717) is 34.9 Å². The molecule has 0 aliphatic carbocycles. The number of hydrogen-bond donors (Lipinski definition) is 0. The Labute approximate surface area is 152 Å². The molecule has 1 unspecified atom stereocenters. The summed E-state index contributed by atoms with van der Waals surface area (Å²) in [7, 11) is 1.57. The zero-order valence-corrected chi connectivity index (χ0v) is 15.6. The molecular weight excluding hydrogens is 338 g/mol. The molecule has 134 valence electrons. The minimum absolute atomic E-state index is 0.0600. The van der Waals surface area contributed by atoms with Crippen LogP contribution >= 0.6 is 11.8 Å². The molecule has 0 N–H and O–H groups in total. The molecule has 1 saturated heterocycles. The van der Waals surface area contributed by atoms with Gasteiger partial charge in [0, 0.05) is 17.4 Å². The zero-order valence-electron chi connectivity index (χ0n) is 14.8. The predicted octanol–water partition coefficient (Wildman–Crippen LogP) is 3.10. The number of thioether (sulfide) groups is 1. The minimum atomic E-state index is -0.256. The van der Waals surface area contributed by atoms with Gasteiger partial charge in [-0.05, 0) is 18.9 Å². The molecule has 6 heteroatoms. The topological polar surface area (TPSA) is 55.8 Å². The molecule has 2 aliphatic heterocycles. The Bertz CT molecular complexity index is 707. The van der Waals surface area contributed by atoms with E-state index in [2.05, 4.69) is 0 Å². The van der Waals surface area contributed by atoms with E-state index in [1.807, 2.05) is 32.0 Å². The van der Waals surface area contributed by atoms with E-state index >= 15 is 0 Å². The van der Waals surface area contributed by atoms with E-state index in [1.54, 1.807) is 13.2 Å². The van der Waals surface area contributed by atoms with Crippen LogP contribution in [0.15, 0.2) is 29.2 Å². The van der Waals surface area contributed by atoms with Crippen LogP contribution in [0.5, 0.6) is 5.75 Å². The van der Waals surface area contributed by atoms with Crippen LogP contribution in [0, 0.1) is 0 Å². The maximum atomic E-state index is 13.1. The first-order valence-electron chi connectivity index (χ1n) is 8.55. The van der Waals surface area contributed by atoms with Crippen LogP contribution in [0.4, 0.5) is 0 Å². The highest BCUT2D eigenvalue weighted by Gasteiger charge is 2.41. The van der Waals surface area contributed by atoms with Gasteiger partial charge < -0.3 is 9.47 Å². The smallest absolute Gasteiger partial charge is 0.268 e. The lowest BCUT2D eigenvalue weighted by atomic mass is 10.0. The Morgan fingerprint density at radius 3 is 2.68 bits per heavy atom. The molecule has 0 aromatic heterocycles. The molecule has 0 bridgehead atoms. The second-order valence-electron chi connectivity index (χ2n) is 6.43. The number of carbonyl (C=O) groups is 2. The highest BCUT2D eigenvalue weighted by Crippen LogP contribution is 2.41. The molecule has 2 amide bonds. The van der Waals surface area contributed by atoms with Gasteiger partial charge in [0.2, 0.25) is 0 Å². The lowest BCUT2D eigenvalue weighted by Gasteiger charge is -2.19. The van der Waals surface area contributed by atoms with Crippen molar-refractivity contribution in [1.29, 1.82) is 0 Å². The molecule has 0 radical (unpaired) electrons. The number of amides is 2. The van der Waals surface area contributed by atoms with Crippen molar-refractivity contribution in [3.05, 3.63) is 34.7 Å². The van der Waals surface area contributed by atoms with Crippen LogP contribution in [0.25, 0.3) is 5.57 Å². The Hall–Kier alpha value is -1.79. The van der Waals surface area contributed by atoms with E-state index in [-0.39, 0.29) is 23.2 Å². The first-order valence-corrected chi connectivity index (χ1v) is 9.43. The summed E-state index contributed by atoms with van der Waals surface area (Å²) in [6.45, 7) is 5.04. The fourth-order valence-electron chi connectivity index (χ4n) is 3.15. The van der Waals surface area contributed by atoms with Gasteiger partial charge in [0.05, 0.1) is 30.2 Å². The van der Waals surface area contributed by atoms with Crippen molar-refractivity contribution in [3.63, 3.8) is 0 Å². The van der Waals surface area contributed by atoms with Crippen molar-refractivity contribution in [3.8, 4) is 5.75 Å². The number of methoxy groups -OCH3 is 1. The molecule has 1 fully saturated rings.